The number of carbonyl (C=O) groups is 1. The molecule has 0 aliphatic rings. The molecular weight excluding hydrogens is 300 g/mol. The van der Waals surface area contributed by atoms with Gasteiger partial charge in [-0.15, -0.1) is 0 Å². The van der Waals surface area contributed by atoms with Crippen molar-refractivity contribution in [1.29, 1.82) is 0 Å². The number of benzene rings is 2. The molecule has 0 saturated heterocycles. The van der Waals surface area contributed by atoms with Crippen LogP contribution in [-0.4, -0.2) is 5.91 Å². The van der Waals surface area contributed by atoms with Crippen LogP contribution in [-0.2, 0) is 4.79 Å². The molecule has 0 atom stereocenters. The fourth-order valence-electron chi connectivity index (χ4n) is 1.55. The molecule has 0 fully saturated rings. The van der Waals surface area contributed by atoms with E-state index in [2.05, 4.69) is 5.32 Å². The SMILES string of the molecule is O=C(/C=C/c1ccccc1F)Nc1cccc(Cl)c1Cl. The Bertz CT molecular complexity index is 671. The standard InChI is InChI=1S/C15H10Cl2FNO/c16-11-5-3-7-13(15(11)17)19-14(20)9-8-10-4-1-2-6-12(10)18/h1-9H,(H,19,20)/b9-8+. The fourth-order valence-corrected chi connectivity index (χ4v) is 1.90. The van der Waals surface area contributed by atoms with Gasteiger partial charge < -0.3 is 5.32 Å². The highest BCUT2D eigenvalue weighted by molar-refractivity contribution is 6.44. The Hall–Kier alpha value is -1.84. The molecule has 0 unspecified atom stereocenters. The first-order chi connectivity index (χ1) is 9.58. The van der Waals surface area contributed by atoms with Gasteiger partial charge in [0.15, 0.2) is 0 Å². The number of nitrogens with one attached hydrogen (secondary N) is 1. The lowest BCUT2D eigenvalue weighted by Gasteiger charge is -2.05. The van der Waals surface area contributed by atoms with Crippen LogP contribution < -0.4 is 5.32 Å². The summed E-state index contributed by atoms with van der Waals surface area (Å²) in [6.45, 7) is 0. The highest BCUT2D eigenvalue weighted by Crippen LogP contribution is 2.29. The third kappa shape index (κ3) is 3.59. The summed E-state index contributed by atoms with van der Waals surface area (Å²) in [5, 5.41) is 3.19. The van der Waals surface area contributed by atoms with Crippen molar-refractivity contribution in [2.24, 2.45) is 0 Å². The van der Waals surface area contributed by atoms with Gasteiger partial charge in [0.2, 0.25) is 5.91 Å². The van der Waals surface area contributed by atoms with Gasteiger partial charge in [-0.05, 0) is 24.3 Å². The number of hydrogen-bond acceptors (Lipinski definition) is 1. The molecule has 2 nitrogen and oxygen atoms in total. The quantitative estimate of drug-likeness (QED) is 0.812. The van der Waals surface area contributed by atoms with Crippen LogP contribution in [0.3, 0.4) is 0 Å². The van der Waals surface area contributed by atoms with Gasteiger partial charge in [-0.25, -0.2) is 4.39 Å². The van der Waals surface area contributed by atoms with E-state index in [1.54, 1.807) is 36.4 Å². The molecule has 1 amide bonds. The van der Waals surface area contributed by atoms with Gasteiger partial charge in [-0.3, -0.25) is 4.79 Å². The number of rotatable bonds is 3. The molecule has 5 heteroatoms. The predicted octanol–water partition coefficient (Wildman–Crippen LogP) is 4.78. The first kappa shape index (κ1) is 14.6. The third-order valence-corrected chi connectivity index (χ3v) is 3.35. The molecule has 2 aromatic carbocycles. The Kier molecular flexibility index (Phi) is 4.77. The van der Waals surface area contributed by atoms with Gasteiger partial charge in [0.05, 0.1) is 15.7 Å². The van der Waals surface area contributed by atoms with Crippen molar-refractivity contribution in [3.63, 3.8) is 0 Å². The van der Waals surface area contributed by atoms with Gasteiger partial charge in [0, 0.05) is 11.6 Å². The lowest BCUT2D eigenvalue weighted by atomic mass is 10.2. The van der Waals surface area contributed by atoms with Gasteiger partial charge >= 0.3 is 0 Å². The number of halogens is 3. The summed E-state index contributed by atoms with van der Waals surface area (Å²) in [4.78, 5) is 11.7. The minimum Gasteiger partial charge on any atom is -0.321 e. The fraction of sp³-hybridized carbons (Fsp3) is 0. The van der Waals surface area contributed by atoms with Crippen LogP contribution >= 0.6 is 23.2 Å². The predicted molar refractivity (Wildman–Crippen MR) is 80.5 cm³/mol. The van der Waals surface area contributed by atoms with Crippen molar-refractivity contribution in [3.8, 4) is 0 Å². The molecular formula is C15H10Cl2FNO. The Morgan fingerprint density at radius 1 is 1.10 bits per heavy atom. The molecule has 20 heavy (non-hydrogen) atoms. The van der Waals surface area contributed by atoms with Crippen molar-refractivity contribution in [2.45, 2.75) is 0 Å². The maximum Gasteiger partial charge on any atom is 0.248 e. The Balaban J connectivity index is 2.10. The summed E-state index contributed by atoms with van der Waals surface area (Å²) in [7, 11) is 0. The smallest absolute Gasteiger partial charge is 0.248 e. The Labute approximate surface area is 125 Å². The van der Waals surface area contributed by atoms with Crippen LogP contribution in [0, 0.1) is 5.82 Å². The number of amides is 1. The van der Waals surface area contributed by atoms with Crippen molar-refractivity contribution in [3.05, 3.63) is 70.0 Å². The largest absolute Gasteiger partial charge is 0.321 e. The number of carbonyl (C=O) groups excluding carboxylic acids is 1. The number of hydrogen-bond donors (Lipinski definition) is 1. The first-order valence-corrected chi connectivity index (χ1v) is 6.51. The summed E-state index contributed by atoms with van der Waals surface area (Å²) >= 11 is 11.8. The molecule has 2 aromatic rings. The summed E-state index contributed by atoms with van der Waals surface area (Å²) in [5.41, 5.74) is 0.738. The zero-order chi connectivity index (χ0) is 14.5. The Morgan fingerprint density at radius 2 is 1.85 bits per heavy atom. The van der Waals surface area contributed by atoms with E-state index in [0.29, 0.717) is 16.3 Å². The third-order valence-electron chi connectivity index (χ3n) is 2.53. The molecule has 0 aliphatic carbocycles. The van der Waals surface area contributed by atoms with Gasteiger partial charge in [0.25, 0.3) is 0 Å². The van der Waals surface area contributed by atoms with E-state index in [9.17, 15) is 9.18 Å². The molecule has 0 spiro atoms. The lowest BCUT2D eigenvalue weighted by molar-refractivity contribution is -0.111. The van der Waals surface area contributed by atoms with Crippen molar-refractivity contribution >= 4 is 40.9 Å². The summed E-state index contributed by atoms with van der Waals surface area (Å²) in [6, 6.07) is 11.1. The van der Waals surface area contributed by atoms with Crippen molar-refractivity contribution < 1.29 is 9.18 Å². The summed E-state index contributed by atoms with van der Waals surface area (Å²) < 4.78 is 13.4. The van der Waals surface area contributed by atoms with Gasteiger partial charge in [-0.1, -0.05) is 47.5 Å². The van der Waals surface area contributed by atoms with E-state index in [1.165, 1.54) is 18.2 Å². The van der Waals surface area contributed by atoms with E-state index in [1.807, 2.05) is 0 Å². The molecule has 1 N–H and O–H groups in total. The van der Waals surface area contributed by atoms with Crippen molar-refractivity contribution in [2.75, 3.05) is 5.32 Å². The number of anilines is 1. The van der Waals surface area contributed by atoms with E-state index in [4.69, 9.17) is 23.2 Å². The van der Waals surface area contributed by atoms with E-state index < -0.39 is 11.7 Å². The van der Waals surface area contributed by atoms with Crippen LogP contribution in [0.5, 0.6) is 0 Å². The first-order valence-electron chi connectivity index (χ1n) is 5.75. The molecule has 0 bridgehead atoms. The molecule has 0 saturated carbocycles. The van der Waals surface area contributed by atoms with Gasteiger partial charge in [0.1, 0.15) is 5.82 Å². The van der Waals surface area contributed by atoms with Crippen LogP contribution in [0.4, 0.5) is 10.1 Å². The normalized spacial score (nSPS) is 10.8. The lowest BCUT2D eigenvalue weighted by Crippen LogP contribution is -2.08. The average molecular weight is 310 g/mol. The molecule has 0 radical (unpaired) electrons. The molecule has 0 heterocycles. The summed E-state index contributed by atoms with van der Waals surface area (Å²) in [6.07, 6.45) is 2.62. The molecule has 102 valence electrons. The topological polar surface area (TPSA) is 29.1 Å². The zero-order valence-electron chi connectivity index (χ0n) is 10.2. The van der Waals surface area contributed by atoms with Gasteiger partial charge in [-0.2, -0.15) is 0 Å². The second-order valence-corrected chi connectivity index (χ2v) is 4.73. The molecule has 2 rings (SSSR count). The van der Waals surface area contributed by atoms with Crippen LogP contribution in [0.2, 0.25) is 10.0 Å². The van der Waals surface area contributed by atoms with Crippen LogP contribution in [0.15, 0.2) is 48.5 Å². The molecule has 0 aliphatic heterocycles. The molecule has 0 aromatic heterocycles. The van der Waals surface area contributed by atoms with E-state index >= 15 is 0 Å². The monoisotopic (exact) mass is 309 g/mol. The summed E-state index contributed by atoms with van der Waals surface area (Å²) in [5.74, 6) is -0.810. The maximum atomic E-state index is 13.4. The van der Waals surface area contributed by atoms with E-state index in [-0.39, 0.29) is 5.02 Å². The van der Waals surface area contributed by atoms with Crippen molar-refractivity contribution in [1.82, 2.24) is 0 Å². The highest BCUT2D eigenvalue weighted by atomic mass is 35.5. The highest BCUT2D eigenvalue weighted by Gasteiger charge is 2.06. The zero-order valence-corrected chi connectivity index (χ0v) is 11.8. The second-order valence-electron chi connectivity index (χ2n) is 3.95. The Morgan fingerprint density at radius 3 is 2.60 bits per heavy atom. The van der Waals surface area contributed by atoms with Crippen LogP contribution in [0.1, 0.15) is 5.56 Å². The second kappa shape index (κ2) is 6.55. The minimum atomic E-state index is -0.419. The van der Waals surface area contributed by atoms with Crippen LogP contribution in [0.25, 0.3) is 6.08 Å². The average Bonchev–Trinajstić information content (AvgIpc) is 2.43. The van der Waals surface area contributed by atoms with E-state index in [0.717, 1.165) is 0 Å². The maximum absolute atomic E-state index is 13.4. The minimum absolute atomic E-state index is 0.266.